The van der Waals surface area contributed by atoms with Crippen molar-refractivity contribution in [2.24, 2.45) is 0 Å². The largest absolute Gasteiger partial charge is 0.317 e. The maximum atomic E-state index is 3.61. The highest BCUT2D eigenvalue weighted by Gasteiger charge is 2.04. The van der Waals surface area contributed by atoms with Gasteiger partial charge in [0, 0.05) is 13.1 Å². The third-order valence-electron chi connectivity index (χ3n) is 9.34. The van der Waals surface area contributed by atoms with E-state index in [1.165, 1.54) is 111 Å². The summed E-state index contributed by atoms with van der Waals surface area (Å²) >= 11 is 0. The molecular formula is C44H72N6. The van der Waals surface area contributed by atoms with Crippen LogP contribution >= 0.6 is 0 Å². The molecule has 0 aliphatic carbocycles. The second kappa shape index (κ2) is 29.0. The van der Waals surface area contributed by atoms with Crippen molar-refractivity contribution in [2.75, 3.05) is 65.4 Å². The van der Waals surface area contributed by atoms with Crippen molar-refractivity contribution in [3.05, 3.63) is 83.9 Å². The van der Waals surface area contributed by atoms with Gasteiger partial charge in [-0.15, -0.1) is 0 Å². The molecule has 3 rings (SSSR count). The Hall–Kier alpha value is -2.58. The van der Waals surface area contributed by atoms with Crippen LogP contribution in [0, 0.1) is 0 Å². The van der Waals surface area contributed by atoms with Crippen LogP contribution in [0.1, 0.15) is 102 Å². The molecule has 0 spiro atoms. The van der Waals surface area contributed by atoms with E-state index in [0.717, 1.165) is 78.3 Å². The number of benzene rings is 3. The van der Waals surface area contributed by atoms with Gasteiger partial charge in [-0.05, 0) is 143 Å². The summed E-state index contributed by atoms with van der Waals surface area (Å²) in [5.74, 6) is 0. The average Bonchev–Trinajstić information content (AvgIpc) is 3.15. The highest BCUT2D eigenvalue weighted by Crippen LogP contribution is 2.27. The Balaban J connectivity index is 1.23. The molecule has 6 nitrogen and oxygen atoms in total. The lowest BCUT2D eigenvalue weighted by Crippen LogP contribution is -2.25. The van der Waals surface area contributed by atoms with Crippen LogP contribution < -0.4 is 31.9 Å². The number of unbranched alkanes of at least 4 members (excludes halogenated alkanes) is 6. The number of rotatable bonds is 32. The van der Waals surface area contributed by atoms with Gasteiger partial charge in [-0.2, -0.15) is 0 Å². The van der Waals surface area contributed by atoms with Crippen LogP contribution in [0.5, 0.6) is 0 Å². The summed E-state index contributed by atoms with van der Waals surface area (Å²) in [5.41, 5.74) is 7.72. The molecule has 0 saturated carbocycles. The number of nitrogens with one attached hydrogen (secondary N) is 6. The van der Waals surface area contributed by atoms with E-state index in [1.54, 1.807) is 0 Å². The fraction of sp³-hybridized carbons (Fsp3) is 0.591. The predicted octanol–water partition coefficient (Wildman–Crippen LogP) is 8.28. The Kier molecular flexibility index (Phi) is 24.3. The molecule has 0 amide bonds. The van der Waals surface area contributed by atoms with E-state index >= 15 is 0 Å². The van der Waals surface area contributed by atoms with Crippen LogP contribution in [0.15, 0.2) is 72.8 Å². The SMILES string of the molecule is CCCCCCNCCCNCCCNCc1ccc(-c2cccc(-c3ccc(CNCCCNCCCNCCCCCC)cc3)c2)cc1. The van der Waals surface area contributed by atoms with Crippen LogP contribution in [0.2, 0.25) is 0 Å². The van der Waals surface area contributed by atoms with Gasteiger partial charge in [0.1, 0.15) is 0 Å². The lowest BCUT2D eigenvalue weighted by molar-refractivity contribution is 0.551. The first kappa shape index (κ1) is 41.8. The molecule has 0 atom stereocenters. The van der Waals surface area contributed by atoms with E-state index in [0.29, 0.717) is 0 Å². The van der Waals surface area contributed by atoms with Crippen molar-refractivity contribution in [3.63, 3.8) is 0 Å². The molecule has 0 unspecified atom stereocenters. The third-order valence-corrected chi connectivity index (χ3v) is 9.34. The maximum Gasteiger partial charge on any atom is 0.0205 e. The van der Waals surface area contributed by atoms with Gasteiger partial charge >= 0.3 is 0 Å². The summed E-state index contributed by atoms with van der Waals surface area (Å²) < 4.78 is 0. The Morgan fingerprint density at radius 3 is 1.02 bits per heavy atom. The van der Waals surface area contributed by atoms with Gasteiger partial charge in [0.15, 0.2) is 0 Å². The molecule has 3 aromatic carbocycles. The topological polar surface area (TPSA) is 72.2 Å². The average molecular weight is 685 g/mol. The molecule has 0 fully saturated rings. The molecule has 50 heavy (non-hydrogen) atoms. The fourth-order valence-electron chi connectivity index (χ4n) is 6.18. The first-order valence-electron chi connectivity index (χ1n) is 20.3. The standard InChI is InChI=1S/C44H72N6/c1-3-5-7-9-26-45-28-12-30-47-32-14-34-49-37-39-18-22-41(23-19-39)43-16-11-17-44(36-43)42-24-20-40(21-25-42)38-50-35-15-33-48-31-13-29-46-27-10-8-6-4-2/h11,16-25,36,45-50H,3-10,12-15,26-35,37-38H2,1-2H3. The van der Waals surface area contributed by atoms with E-state index < -0.39 is 0 Å². The molecule has 278 valence electrons. The first-order chi connectivity index (χ1) is 24.8. The number of hydrogen-bond donors (Lipinski definition) is 6. The molecule has 6 heteroatoms. The number of hydrogen-bond acceptors (Lipinski definition) is 6. The zero-order chi connectivity index (χ0) is 35.2. The van der Waals surface area contributed by atoms with E-state index in [2.05, 4.69) is 119 Å². The van der Waals surface area contributed by atoms with Crippen LogP contribution in [0.3, 0.4) is 0 Å². The Bertz CT molecular complexity index is 1110. The van der Waals surface area contributed by atoms with Gasteiger partial charge < -0.3 is 31.9 Å². The molecule has 0 saturated heterocycles. The van der Waals surface area contributed by atoms with Gasteiger partial charge in [0.2, 0.25) is 0 Å². The van der Waals surface area contributed by atoms with Gasteiger partial charge in [-0.3, -0.25) is 0 Å². The summed E-state index contributed by atoms with van der Waals surface area (Å²) in [4.78, 5) is 0. The zero-order valence-electron chi connectivity index (χ0n) is 31.9. The smallest absolute Gasteiger partial charge is 0.0205 e. The predicted molar refractivity (Wildman–Crippen MR) is 219 cm³/mol. The maximum absolute atomic E-state index is 3.61. The van der Waals surface area contributed by atoms with Gasteiger partial charge in [0.05, 0.1) is 0 Å². The summed E-state index contributed by atoms with van der Waals surface area (Å²) in [7, 11) is 0. The summed E-state index contributed by atoms with van der Waals surface area (Å²) in [6.45, 7) is 17.4. The van der Waals surface area contributed by atoms with Crippen molar-refractivity contribution in [1.29, 1.82) is 0 Å². The molecule has 3 aromatic rings. The molecule has 0 aromatic heterocycles. The Labute approximate surface area is 306 Å². The van der Waals surface area contributed by atoms with Gasteiger partial charge in [0.25, 0.3) is 0 Å². The van der Waals surface area contributed by atoms with E-state index in [4.69, 9.17) is 0 Å². The van der Waals surface area contributed by atoms with E-state index in [-0.39, 0.29) is 0 Å². The van der Waals surface area contributed by atoms with E-state index in [9.17, 15) is 0 Å². The Morgan fingerprint density at radius 1 is 0.320 bits per heavy atom. The fourth-order valence-corrected chi connectivity index (χ4v) is 6.18. The summed E-state index contributed by atoms with van der Waals surface area (Å²) in [6, 6.07) is 27.0. The molecular weight excluding hydrogens is 613 g/mol. The van der Waals surface area contributed by atoms with Gasteiger partial charge in [-0.25, -0.2) is 0 Å². The second-order valence-electron chi connectivity index (χ2n) is 13.9. The molecule has 0 heterocycles. The van der Waals surface area contributed by atoms with Crippen LogP contribution in [-0.4, -0.2) is 65.4 Å². The van der Waals surface area contributed by atoms with Crippen LogP contribution in [0.25, 0.3) is 22.3 Å². The van der Waals surface area contributed by atoms with Crippen LogP contribution in [0.4, 0.5) is 0 Å². The quantitative estimate of drug-likeness (QED) is 0.0372. The Morgan fingerprint density at radius 2 is 0.660 bits per heavy atom. The minimum Gasteiger partial charge on any atom is -0.317 e. The minimum absolute atomic E-state index is 0.914. The first-order valence-corrected chi connectivity index (χ1v) is 20.3. The van der Waals surface area contributed by atoms with Gasteiger partial charge in [-0.1, -0.05) is 119 Å². The second-order valence-corrected chi connectivity index (χ2v) is 13.9. The van der Waals surface area contributed by atoms with Crippen molar-refractivity contribution in [2.45, 2.75) is 104 Å². The molecule has 0 aliphatic heterocycles. The van der Waals surface area contributed by atoms with Crippen LogP contribution in [-0.2, 0) is 13.1 Å². The van der Waals surface area contributed by atoms with Crippen molar-refractivity contribution in [1.82, 2.24) is 31.9 Å². The molecule has 6 N–H and O–H groups in total. The highest BCUT2D eigenvalue weighted by atomic mass is 14.9. The lowest BCUT2D eigenvalue weighted by atomic mass is 9.98. The molecule has 0 bridgehead atoms. The normalized spacial score (nSPS) is 11.4. The minimum atomic E-state index is 0.914. The lowest BCUT2D eigenvalue weighted by Gasteiger charge is -2.10. The molecule has 0 radical (unpaired) electrons. The monoisotopic (exact) mass is 685 g/mol. The van der Waals surface area contributed by atoms with Crippen molar-refractivity contribution in [3.8, 4) is 22.3 Å². The zero-order valence-corrected chi connectivity index (χ0v) is 31.9. The van der Waals surface area contributed by atoms with Crippen molar-refractivity contribution < 1.29 is 0 Å². The third kappa shape index (κ3) is 19.7. The summed E-state index contributed by atoms with van der Waals surface area (Å²) in [5, 5.41) is 21.5. The molecule has 0 aliphatic rings. The van der Waals surface area contributed by atoms with E-state index in [1.807, 2.05) is 0 Å². The summed E-state index contributed by atoms with van der Waals surface area (Å²) in [6.07, 6.45) is 15.4. The highest BCUT2D eigenvalue weighted by molar-refractivity contribution is 5.73. The van der Waals surface area contributed by atoms with Crippen molar-refractivity contribution >= 4 is 0 Å².